The molecule has 6 heteroatoms. The lowest BCUT2D eigenvalue weighted by atomic mass is 9.69. The van der Waals surface area contributed by atoms with Crippen molar-refractivity contribution in [2.24, 2.45) is 23.7 Å². The maximum atomic E-state index is 14.6. The molecule has 46 heavy (non-hydrogen) atoms. The van der Waals surface area contributed by atoms with Crippen molar-refractivity contribution in [3.8, 4) is 5.75 Å². The van der Waals surface area contributed by atoms with Crippen molar-refractivity contribution in [2.75, 3.05) is 12.0 Å². The highest BCUT2D eigenvalue weighted by molar-refractivity contribution is 6.01. The first-order valence-corrected chi connectivity index (χ1v) is 17.1. The predicted molar refractivity (Wildman–Crippen MR) is 179 cm³/mol. The zero-order chi connectivity index (χ0) is 31.8. The number of anilines is 1. The minimum absolute atomic E-state index is 0.0504. The number of hydrogen-bond acceptors (Lipinski definition) is 5. The third kappa shape index (κ3) is 4.44. The minimum atomic E-state index is -0.743. The molecule has 1 aliphatic carbocycles. The second-order valence-electron chi connectivity index (χ2n) is 14.9. The second-order valence-corrected chi connectivity index (χ2v) is 14.9. The number of fused-ring (bicyclic) bond motifs is 2. The van der Waals surface area contributed by atoms with Crippen LogP contribution in [0.5, 0.6) is 5.75 Å². The predicted octanol–water partition coefficient (Wildman–Crippen LogP) is 7.86. The third-order valence-corrected chi connectivity index (χ3v) is 12.0. The molecule has 0 aromatic heterocycles. The molecule has 3 aromatic rings. The number of hydrogen-bond donors (Lipinski definition) is 0. The van der Waals surface area contributed by atoms with Crippen LogP contribution in [0.25, 0.3) is 0 Å². The van der Waals surface area contributed by atoms with Crippen LogP contribution in [0.2, 0.25) is 0 Å². The quantitative estimate of drug-likeness (QED) is 0.263. The molecule has 2 bridgehead atoms. The van der Waals surface area contributed by atoms with Gasteiger partial charge in [0.1, 0.15) is 17.6 Å². The van der Waals surface area contributed by atoms with E-state index in [0.29, 0.717) is 11.8 Å². The van der Waals surface area contributed by atoms with Crippen molar-refractivity contribution in [1.82, 2.24) is 4.90 Å². The summed E-state index contributed by atoms with van der Waals surface area (Å²) in [7, 11) is 1.67. The van der Waals surface area contributed by atoms with Gasteiger partial charge in [-0.15, -0.1) is 0 Å². The summed E-state index contributed by atoms with van der Waals surface area (Å²) in [6, 6.07) is 27.0. The Morgan fingerprint density at radius 2 is 1.63 bits per heavy atom. The fourth-order valence-corrected chi connectivity index (χ4v) is 9.58. The van der Waals surface area contributed by atoms with Gasteiger partial charge in [0.25, 0.3) is 0 Å². The van der Waals surface area contributed by atoms with Crippen molar-refractivity contribution < 1.29 is 19.0 Å². The molecule has 1 saturated carbocycles. The Morgan fingerprint density at radius 1 is 0.913 bits per heavy atom. The van der Waals surface area contributed by atoms with Crippen LogP contribution < -0.4 is 9.64 Å². The van der Waals surface area contributed by atoms with Crippen LogP contribution in [-0.2, 0) is 20.8 Å². The van der Waals surface area contributed by atoms with E-state index >= 15 is 0 Å². The van der Waals surface area contributed by atoms with Gasteiger partial charge in [0.05, 0.1) is 31.3 Å². The molecule has 240 valence electrons. The molecule has 9 atom stereocenters. The monoisotopic (exact) mass is 618 g/mol. The lowest BCUT2D eigenvalue weighted by molar-refractivity contribution is -0.241. The Balaban J connectivity index is 1.28. The Kier molecular flexibility index (Phi) is 7.20. The van der Waals surface area contributed by atoms with E-state index in [1.165, 1.54) is 18.4 Å². The number of rotatable bonds is 6. The second kappa shape index (κ2) is 11.1. The van der Waals surface area contributed by atoms with Gasteiger partial charge in [-0.3, -0.25) is 9.69 Å². The van der Waals surface area contributed by atoms with E-state index in [1.807, 2.05) is 29.2 Å². The Bertz CT molecular complexity index is 1640. The highest BCUT2D eigenvalue weighted by Crippen LogP contribution is 2.62. The molecular formula is C40H46N2O4. The number of carbonyl (C=O) groups excluding carboxylic acids is 1. The van der Waals surface area contributed by atoms with E-state index in [9.17, 15) is 4.79 Å². The maximum Gasteiger partial charge on any atom is 0.234 e. The van der Waals surface area contributed by atoms with Gasteiger partial charge in [-0.1, -0.05) is 87.0 Å². The molecule has 4 aliphatic heterocycles. The SMILES string of the molecule is COc1ccc(N2C(=O)[C@H]3[C@H](C)[C@@H]4C=C[C@]3(O4)[C@@H]2c2ccccc2[C@@H]2O[C@@H]3C[C@H](C)CC[C@H]3C(C)(C)N2Cc2ccccc2)cc1. The molecule has 1 spiro atoms. The topological polar surface area (TPSA) is 51.2 Å². The van der Waals surface area contributed by atoms with Crippen molar-refractivity contribution in [2.45, 2.75) is 89.1 Å². The molecule has 0 unspecified atom stereocenters. The highest BCUT2D eigenvalue weighted by atomic mass is 16.5. The molecule has 0 N–H and O–H groups in total. The van der Waals surface area contributed by atoms with Crippen LogP contribution in [0.3, 0.4) is 0 Å². The lowest BCUT2D eigenvalue weighted by Gasteiger charge is -2.58. The zero-order valence-corrected chi connectivity index (χ0v) is 27.6. The van der Waals surface area contributed by atoms with Gasteiger partial charge >= 0.3 is 0 Å². The first-order valence-electron chi connectivity index (χ1n) is 17.1. The summed E-state index contributed by atoms with van der Waals surface area (Å²) in [6.45, 7) is 10.2. The third-order valence-electron chi connectivity index (χ3n) is 12.0. The molecule has 3 saturated heterocycles. The summed E-state index contributed by atoms with van der Waals surface area (Å²) in [5.74, 6) is 1.81. The Labute approximate surface area is 273 Å². The van der Waals surface area contributed by atoms with Crippen molar-refractivity contribution in [3.63, 3.8) is 0 Å². The first-order chi connectivity index (χ1) is 22.2. The van der Waals surface area contributed by atoms with Crippen LogP contribution in [-0.4, -0.2) is 41.3 Å². The smallest absolute Gasteiger partial charge is 0.234 e. The molecule has 6 nitrogen and oxygen atoms in total. The average molecular weight is 619 g/mol. The molecule has 4 fully saturated rings. The number of amides is 1. The van der Waals surface area contributed by atoms with Crippen molar-refractivity contribution >= 4 is 11.6 Å². The largest absolute Gasteiger partial charge is 0.497 e. The van der Waals surface area contributed by atoms with E-state index in [2.05, 4.69) is 99.3 Å². The number of carbonyl (C=O) groups is 1. The summed E-state index contributed by atoms with van der Waals surface area (Å²) in [6.07, 6.45) is 7.70. The fourth-order valence-electron chi connectivity index (χ4n) is 9.58. The summed E-state index contributed by atoms with van der Waals surface area (Å²) >= 11 is 0. The van der Waals surface area contributed by atoms with E-state index in [0.717, 1.165) is 35.5 Å². The number of ether oxygens (including phenoxy) is 3. The summed E-state index contributed by atoms with van der Waals surface area (Å²) in [4.78, 5) is 19.2. The van der Waals surface area contributed by atoms with Crippen LogP contribution in [0.4, 0.5) is 5.69 Å². The van der Waals surface area contributed by atoms with E-state index in [4.69, 9.17) is 14.2 Å². The van der Waals surface area contributed by atoms with E-state index < -0.39 is 5.60 Å². The normalized spacial score (nSPS) is 36.1. The van der Waals surface area contributed by atoms with Gasteiger partial charge in [0, 0.05) is 35.2 Å². The Morgan fingerprint density at radius 3 is 2.37 bits per heavy atom. The number of benzene rings is 3. The van der Waals surface area contributed by atoms with Gasteiger partial charge in [-0.05, 0) is 68.0 Å². The van der Waals surface area contributed by atoms with Crippen LogP contribution in [0, 0.1) is 23.7 Å². The van der Waals surface area contributed by atoms with Crippen LogP contribution >= 0.6 is 0 Å². The first kappa shape index (κ1) is 29.9. The van der Waals surface area contributed by atoms with Gasteiger partial charge in [0.2, 0.25) is 5.91 Å². The molecule has 1 amide bonds. The fraction of sp³-hybridized carbons (Fsp3) is 0.475. The number of nitrogens with zero attached hydrogens (tertiary/aromatic N) is 2. The van der Waals surface area contributed by atoms with Gasteiger partial charge in [-0.2, -0.15) is 0 Å². The van der Waals surface area contributed by atoms with E-state index in [1.54, 1.807) is 7.11 Å². The summed E-state index contributed by atoms with van der Waals surface area (Å²) in [5.41, 5.74) is 3.50. The molecule has 5 aliphatic rings. The molecular weight excluding hydrogens is 572 g/mol. The summed E-state index contributed by atoms with van der Waals surface area (Å²) < 4.78 is 19.7. The Hall–Kier alpha value is -3.45. The molecule has 8 rings (SSSR count). The van der Waals surface area contributed by atoms with Gasteiger partial charge in [0.15, 0.2) is 0 Å². The van der Waals surface area contributed by atoms with Crippen LogP contribution in [0.1, 0.15) is 75.9 Å². The zero-order valence-electron chi connectivity index (χ0n) is 27.6. The lowest BCUT2D eigenvalue weighted by Crippen LogP contribution is -2.61. The van der Waals surface area contributed by atoms with Gasteiger partial charge < -0.3 is 19.1 Å². The van der Waals surface area contributed by atoms with Gasteiger partial charge in [-0.25, -0.2) is 0 Å². The van der Waals surface area contributed by atoms with E-state index in [-0.39, 0.29) is 47.8 Å². The molecule has 0 radical (unpaired) electrons. The van der Waals surface area contributed by atoms with Crippen LogP contribution in [0.15, 0.2) is 91.0 Å². The average Bonchev–Trinajstić information content (AvgIpc) is 3.70. The molecule has 3 aromatic carbocycles. The van der Waals surface area contributed by atoms with Crippen molar-refractivity contribution in [3.05, 3.63) is 108 Å². The molecule has 4 heterocycles. The summed E-state index contributed by atoms with van der Waals surface area (Å²) in [5, 5.41) is 0. The number of methoxy groups -OCH3 is 1. The van der Waals surface area contributed by atoms with Crippen molar-refractivity contribution in [1.29, 1.82) is 0 Å². The maximum absolute atomic E-state index is 14.6. The standard InChI is InChI=1S/C40H46N2O4/c1-25-15-20-32-34(23-25)45-38(41(39(32,3)4)24-27-11-7-6-8-12-27)31-14-10-9-13-30(31)36-40-22-21-33(46-40)26(2)35(40)37(43)42(36)28-16-18-29(44-5)19-17-28/h6-14,16-19,21-22,25-26,32-36,38H,15,20,23-24H2,1-5H3/t25-,26-,32-,33+,34-,35-,36+,38+,40-/m1/s1. The minimum Gasteiger partial charge on any atom is -0.497 e. The highest BCUT2D eigenvalue weighted by Gasteiger charge is 2.69.